The summed E-state index contributed by atoms with van der Waals surface area (Å²) >= 11 is 0. The molecule has 3 saturated heterocycles. The number of carbonyl (C=O) groups is 2. The SMILES string of the molecule is CN1CCCC2(CCN(C(=O)Cc3cccc(F)c3)CC2)C1C(=O)N1CCCC1. The van der Waals surface area contributed by atoms with Crippen molar-refractivity contribution in [3.8, 4) is 0 Å². The minimum absolute atomic E-state index is 0.0255. The Morgan fingerprint density at radius 1 is 1.00 bits per heavy atom. The van der Waals surface area contributed by atoms with E-state index in [9.17, 15) is 14.0 Å². The molecule has 3 heterocycles. The van der Waals surface area contributed by atoms with Crippen LogP contribution in [0.2, 0.25) is 0 Å². The van der Waals surface area contributed by atoms with E-state index in [1.165, 1.54) is 12.1 Å². The molecule has 1 spiro atoms. The van der Waals surface area contributed by atoms with Gasteiger partial charge in [-0.1, -0.05) is 12.1 Å². The Labute approximate surface area is 172 Å². The van der Waals surface area contributed by atoms with Gasteiger partial charge in [-0.15, -0.1) is 0 Å². The van der Waals surface area contributed by atoms with Crippen molar-refractivity contribution in [3.63, 3.8) is 0 Å². The van der Waals surface area contributed by atoms with Crippen molar-refractivity contribution in [2.24, 2.45) is 5.41 Å². The van der Waals surface area contributed by atoms with Gasteiger partial charge >= 0.3 is 0 Å². The molecular formula is C23H32FN3O2. The van der Waals surface area contributed by atoms with Crippen LogP contribution >= 0.6 is 0 Å². The lowest BCUT2D eigenvalue weighted by molar-refractivity contribution is -0.147. The Bertz CT molecular complexity index is 754. The van der Waals surface area contributed by atoms with Crippen molar-refractivity contribution < 1.29 is 14.0 Å². The molecule has 0 N–H and O–H groups in total. The van der Waals surface area contributed by atoms with Crippen molar-refractivity contribution >= 4 is 11.8 Å². The molecule has 0 radical (unpaired) electrons. The predicted octanol–water partition coefficient (Wildman–Crippen LogP) is 2.69. The van der Waals surface area contributed by atoms with Gasteiger partial charge in [-0.25, -0.2) is 4.39 Å². The lowest BCUT2D eigenvalue weighted by Crippen LogP contribution is -2.61. The summed E-state index contributed by atoms with van der Waals surface area (Å²) in [5.41, 5.74) is 0.692. The number of hydrogen-bond donors (Lipinski definition) is 0. The fourth-order valence-electron chi connectivity index (χ4n) is 5.63. The van der Waals surface area contributed by atoms with Gasteiger partial charge in [-0.05, 0) is 75.2 Å². The summed E-state index contributed by atoms with van der Waals surface area (Å²) in [6, 6.07) is 6.22. The molecule has 5 nitrogen and oxygen atoms in total. The smallest absolute Gasteiger partial charge is 0.240 e. The minimum atomic E-state index is -0.304. The number of benzene rings is 1. The first-order chi connectivity index (χ1) is 14.0. The number of likely N-dealkylation sites (tertiary alicyclic amines) is 3. The monoisotopic (exact) mass is 401 g/mol. The van der Waals surface area contributed by atoms with Crippen LogP contribution in [0.4, 0.5) is 4.39 Å². The summed E-state index contributed by atoms with van der Waals surface area (Å²) in [5, 5.41) is 0. The predicted molar refractivity (Wildman–Crippen MR) is 110 cm³/mol. The maximum atomic E-state index is 13.4. The van der Waals surface area contributed by atoms with Gasteiger partial charge in [0.25, 0.3) is 0 Å². The zero-order valence-corrected chi connectivity index (χ0v) is 17.4. The first-order valence-electron chi connectivity index (χ1n) is 11.0. The molecule has 0 saturated carbocycles. The molecule has 1 atom stereocenters. The van der Waals surface area contributed by atoms with E-state index in [4.69, 9.17) is 0 Å². The molecule has 1 unspecified atom stereocenters. The number of hydrogen-bond acceptors (Lipinski definition) is 3. The van der Waals surface area contributed by atoms with E-state index in [1.807, 2.05) is 4.90 Å². The average Bonchev–Trinajstić information content (AvgIpc) is 3.23. The van der Waals surface area contributed by atoms with Crippen LogP contribution in [0.15, 0.2) is 24.3 Å². The Hall–Kier alpha value is -1.95. The van der Waals surface area contributed by atoms with Crippen molar-refractivity contribution in [3.05, 3.63) is 35.6 Å². The lowest BCUT2D eigenvalue weighted by atomic mass is 9.66. The van der Waals surface area contributed by atoms with Crippen molar-refractivity contribution in [2.75, 3.05) is 39.8 Å². The van der Waals surface area contributed by atoms with E-state index in [2.05, 4.69) is 16.8 Å². The second kappa shape index (κ2) is 8.42. The number of amides is 2. The molecule has 3 fully saturated rings. The average molecular weight is 402 g/mol. The highest BCUT2D eigenvalue weighted by Gasteiger charge is 2.50. The molecule has 3 aliphatic rings. The molecule has 1 aromatic rings. The third-order valence-corrected chi connectivity index (χ3v) is 7.21. The molecule has 29 heavy (non-hydrogen) atoms. The number of likely N-dealkylation sites (N-methyl/N-ethyl adjacent to an activating group) is 1. The highest BCUT2D eigenvalue weighted by Crippen LogP contribution is 2.45. The molecule has 0 aliphatic carbocycles. The number of halogens is 1. The van der Waals surface area contributed by atoms with Crippen LogP contribution in [0.25, 0.3) is 0 Å². The number of nitrogens with zero attached hydrogens (tertiary/aromatic N) is 3. The zero-order valence-electron chi connectivity index (χ0n) is 17.4. The quantitative estimate of drug-likeness (QED) is 0.782. The first kappa shape index (κ1) is 20.3. The summed E-state index contributed by atoms with van der Waals surface area (Å²) in [6.45, 7) is 4.11. The van der Waals surface area contributed by atoms with Gasteiger partial charge in [0.05, 0.1) is 12.5 Å². The van der Waals surface area contributed by atoms with Gasteiger partial charge in [0.2, 0.25) is 11.8 Å². The second-order valence-corrected chi connectivity index (χ2v) is 9.07. The summed E-state index contributed by atoms with van der Waals surface area (Å²) in [6.07, 6.45) is 6.37. The van der Waals surface area contributed by atoms with E-state index in [0.29, 0.717) is 19.0 Å². The standard InChI is InChI=1S/C23H32FN3O2/c1-25-11-5-8-23(21(25)22(29)27-12-2-3-13-27)9-14-26(15-10-23)20(28)17-18-6-4-7-19(24)16-18/h4,6-7,16,21H,2-3,5,8-15,17H2,1H3. The van der Waals surface area contributed by atoms with Gasteiger partial charge in [-0.3, -0.25) is 14.5 Å². The largest absolute Gasteiger partial charge is 0.342 e. The second-order valence-electron chi connectivity index (χ2n) is 9.07. The lowest BCUT2D eigenvalue weighted by Gasteiger charge is -2.52. The summed E-state index contributed by atoms with van der Waals surface area (Å²) < 4.78 is 13.4. The fraction of sp³-hybridized carbons (Fsp3) is 0.652. The third-order valence-electron chi connectivity index (χ3n) is 7.21. The molecule has 6 heteroatoms. The number of carbonyl (C=O) groups excluding carboxylic acids is 2. The number of rotatable bonds is 3. The van der Waals surface area contributed by atoms with Crippen LogP contribution in [-0.2, 0) is 16.0 Å². The van der Waals surface area contributed by atoms with Crippen molar-refractivity contribution in [1.82, 2.24) is 14.7 Å². The van der Waals surface area contributed by atoms with E-state index in [-0.39, 0.29) is 29.6 Å². The van der Waals surface area contributed by atoms with Crippen LogP contribution < -0.4 is 0 Å². The summed E-state index contributed by atoms with van der Waals surface area (Å²) in [5.74, 6) is 0.0441. The highest BCUT2D eigenvalue weighted by atomic mass is 19.1. The van der Waals surface area contributed by atoms with Crippen LogP contribution in [0, 0.1) is 11.2 Å². The third kappa shape index (κ3) is 4.18. The van der Waals surface area contributed by atoms with Crippen molar-refractivity contribution in [2.45, 2.75) is 51.0 Å². The summed E-state index contributed by atoms with van der Waals surface area (Å²) in [4.78, 5) is 32.3. The molecule has 3 aliphatic heterocycles. The van der Waals surface area contributed by atoms with Crippen LogP contribution in [0.1, 0.15) is 44.1 Å². The molecule has 158 valence electrons. The zero-order chi connectivity index (χ0) is 20.4. The van der Waals surface area contributed by atoms with Gasteiger partial charge in [0, 0.05) is 26.2 Å². The molecule has 0 bridgehead atoms. The first-order valence-corrected chi connectivity index (χ1v) is 11.0. The highest BCUT2D eigenvalue weighted by molar-refractivity contribution is 5.83. The Balaban J connectivity index is 1.42. The Morgan fingerprint density at radius 2 is 1.72 bits per heavy atom. The Kier molecular flexibility index (Phi) is 5.91. The normalized spacial score (nSPS) is 24.8. The van der Waals surface area contributed by atoms with E-state index >= 15 is 0 Å². The molecule has 2 amide bonds. The van der Waals surface area contributed by atoms with Crippen molar-refractivity contribution in [1.29, 1.82) is 0 Å². The topological polar surface area (TPSA) is 43.9 Å². The van der Waals surface area contributed by atoms with Gasteiger partial charge in [0.1, 0.15) is 5.82 Å². The summed E-state index contributed by atoms with van der Waals surface area (Å²) in [7, 11) is 2.08. The van der Waals surface area contributed by atoms with Gasteiger partial charge in [0.15, 0.2) is 0 Å². The molecular weight excluding hydrogens is 369 g/mol. The maximum Gasteiger partial charge on any atom is 0.240 e. The minimum Gasteiger partial charge on any atom is -0.342 e. The fourth-order valence-corrected chi connectivity index (χ4v) is 5.63. The maximum absolute atomic E-state index is 13.4. The Morgan fingerprint density at radius 3 is 2.41 bits per heavy atom. The number of piperidine rings is 2. The van der Waals surface area contributed by atoms with Crippen LogP contribution in [0.5, 0.6) is 0 Å². The molecule has 1 aromatic carbocycles. The molecule has 4 rings (SSSR count). The van der Waals surface area contributed by atoms with Gasteiger partial charge in [-0.2, -0.15) is 0 Å². The van der Waals surface area contributed by atoms with E-state index < -0.39 is 0 Å². The van der Waals surface area contributed by atoms with E-state index in [1.54, 1.807) is 12.1 Å². The van der Waals surface area contributed by atoms with Crippen LogP contribution in [-0.4, -0.2) is 72.3 Å². The van der Waals surface area contributed by atoms with E-state index in [0.717, 1.165) is 63.7 Å². The van der Waals surface area contributed by atoms with Crippen LogP contribution in [0.3, 0.4) is 0 Å². The molecule has 0 aromatic heterocycles. The van der Waals surface area contributed by atoms with Gasteiger partial charge < -0.3 is 9.80 Å².